The van der Waals surface area contributed by atoms with Gasteiger partial charge >= 0.3 is 0 Å². The summed E-state index contributed by atoms with van der Waals surface area (Å²) < 4.78 is 99.6. The van der Waals surface area contributed by atoms with Gasteiger partial charge in [-0.05, 0) is 6.07 Å². The minimum atomic E-state index is -4.47. The number of nitrogens with one attached hydrogen (secondary N) is 1. The maximum absolute atomic E-state index is 14.0. The van der Waals surface area contributed by atoms with Crippen LogP contribution < -0.4 is 10.1 Å². The van der Waals surface area contributed by atoms with E-state index in [1.54, 1.807) is 0 Å². The number of nitro groups is 1. The second-order valence-corrected chi connectivity index (χ2v) is 7.95. The lowest BCUT2D eigenvalue weighted by Crippen LogP contribution is -2.46. The van der Waals surface area contributed by atoms with Gasteiger partial charge in [0.15, 0.2) is 0 Å². The van der Waals surface area contributed by atoms with E-state index in [-0.39, 0.29) is 26.2 Å². The Morgan fingerprint density at radius 1 is 0.967 bits per heavy atom. The fraction of sp³-hybridized carbons (Fsp3) is 0.250. The number of hydrogen-bond acceptors (Lipinski definition) is 6. The fourth-order valence-corrected chi connectivity index (χ4v) is 4.28. The van der Waals surface area contributed by atoms with Gasteiger partial charge < -0.3 is 10.1 Å². The van der Waals surface area contributed by atoms with Crippen molar-refractivity contribution >= 4 is 15.7 Å². The first kappa shape index (κ1) is 21.9. The van der Waals surface area contributed by atoms with Crippen molar-refractivity contribution in [1.82, 2.24) is 9.62 Å². The zero-order valence-electron chi connectivity index (χ0n) is 14.8. The molecule has 3 rings (SSSR count). The van der Waals surface area contributed by atoms with Crippen LogP contribution in [0.2, 0.25) is 0 Å². The molecule has 1 aliphatic rings. The highest BCUT2D eigenvalue weighted by atomic mass is 32.2. The Bertz CT molecular complexity index is 1090. The molecule has 162 valence electrons. The number of sulfonamides is 1. The zero-order valence-corrected chi connectivity index (χ0v) is 15.6. The van der Waals surface area contributed by atoms with Crippen LogP contribution in [0.25, 0.3) is 0 Å². The van der Waals surface area contributed by atoms with Gasteiger partial charge in [0.2, 0.25) is 44.9 Å². The lowest BCUT2D eigenvalue weighted by molar-refractivity contribution is -0.385. The predicted octanol–water partition coefficient (Wildman–Crippen LogP) is 2.68. The van der Waals surface area contributed by atoms with Crippen molar-refractivity contribution < 1.29 is 40.0 Å². The molecule has 1 saturated heterocycles. The molecule has 0 aromatic heterocycles. The van der Waals surface area contributed by atoms with E-state index in [9.17, 15) is 40.5 Å². The van der Waals surface area contributed by atoms with Crippen LogP contribution in [-0.2, 0) is 10.0 Å². The molecule has 8 nitrogen and oxygen atoms in total. The van der Waals surface area contributed by atoms with Crippen LogP contribution in [0.1, 0.15) is 0 Å². The molecule has 2 aromatic rings. The Balaban J connectivity index is 2.16. The van der Waals surface area contributed by atoms with E-state index >= 15 is 0 Å². The summed E-state index contributed by atoms with van der Waals surface area (Å²) in [5, 5.41) is 13.9. The van der Waals surface area contributed by atoms with Gasteiger partial charge in [-0.1, -0.05) is 0 Å². The summed E-state index contributed by atoms with van der Waals surface area (Å²) in [6, 6.07) is 2.04. The minimum absolute atomic E-state index is 0.0208. The molecule has 0 spiro atoms. The quantitative estimate of drug-likeness (QED) is 0.246. The van der Waals surface area contributed by atoms with Crippen LogP contribution in [0, 0.1) is 39.2 Å². The first-order chi connectivity index (χ1) is 14.1. The lowest BCUT2D eigenvalue weighted by atomic mass is 10.2. The highest BCUT2D eigenvalue weighted by molar-refractivity contribution is 7.89. The van der Waals surface area contributed by atoms with Crippen LogP contribution in [0.4, 0.5) is 27.6 Å². The largest absolute Gasteiger partial charge is 0.449 e. The van der Waals surface area contributed by atoms with Gasteiger partial charge in [-0.25, -0.2) is 21.6 Å². The standard InChI is InChI=1S/C16H12F5N3O5S/c17-11-12(18)14(20)16(15(21)13(11)19)29-9-2-1-8(24(25)26)7-10(9)30(27,28)23-5-3-22-4-6-23/h1-2,7,22H,3-6H2. The molecular formula is C16H12F5N3O5S. The van der Waals surface area contributed by atoms with Crippen molar-refractivity contribution in [3.63, 3.8) is 0 Å². The third kappa shape index (κ3) is 3.80. The summed E-state index contributed by atoms with van der Waals surface area (Å²) in [7, 11) is -4.47. The van der Waals surface area contributed by atoms with Gasteiger partial charge in [0.1, 0.15) is 10.6 Å². The molecule has 1 heterocycles. The molecule has 1 fully saturated rings. The van der Waals surface area contributed by atoms with Crippen molar-refractivity contribution in [1.29, 1.82) is 0 Å². The molecule has 0 aliphatic carbocycles. The minimum Gasteiger partial charge on any atom is -0.449 e. The second kappa shape index (κ2) is 8.12. The average Bonchev–Trinajstić information content (AvgIpc) is 2.74. The molecule has 0 bridgehead atoms. The Labute approximate surface area is 166 Å². The van der Waals surface area contributed by atoms with Gasteiger partial charge in [-0.15, -0.1) is 0 Å². The molecule has 2 aromatic carbocycles. The van der Waals surface area contributed by atoms with Crippen molar-refractivity contribution in [3.8, 4) is 11.5 Å². The number of non-ortho nitro benzene ring substituents is 1. The molecule has 1 N–H and O–H groups in total. The van der Waals surface area contributed by atoms with Crippen LogP contribution in [0.3, 0.4) is 0 Å². The summed E-state index contributed by atoms with van der Waals surface area (Å²) in [6.45, 7) is 0.490. The topological polar surface area (TPSA) is 102 Å². The number of nitrogens with zero attached hydrogens (tertiary/aromatic N) is 2. The highest BCUT2D eigenvalue weighted by Crippen LogP contribution is 2.37. The number of piperazine rings is 1. The SMILES string of the molecule is O=[N+]([O-])c1ccc(Oc2c(F)c(F)c(F)c(F)c2F)c(S(=O)(=O)N2CCNCC2)c1. The van der Waals surface area contributed by atoms with E-state index in [1.807, 2.05) is 0 Å². The maximum Gasteiger partial charge on any atom is 0.271 e. The van der Waals surface area contributed by atoms with E-state index in [4.69, 9.17) is 4.74 Å². The molecule has 0 saturated carbocycles. The highest BCUT2D eigenvalue weighted by Gasteiger charge is 2.33. The van der Waals surface area contributed by atoms with E-state index in [0.29, 0.717) is 12.1 Å². The van der Waals surface area contributed by atoms with Crippen LogP contribution in [-0.4, -0.2) is 43.8 Å². The third-order valence-electron chi connectivity index (χ3n) is 4.21. The van der Waals surface area contributed by atoms with Crippen molar-refractivity contribution in [2.75, 3.05) is 26.2 Å². The Morgan fingerprint density at radius 2 is 1.50 bits per heavy atom. The maximum atomic E-state index is 14.0. The smallest absolute Gasteiger partial charge is 0.271 e. The molecule has 0 atom stereocenters. The second-order valence-electron chi connectivity index (χ2n) is 6.04. The summed E-state index contributed by atoms with van der Waals surface area (Å²) in [5.41, 5.74) is -0.687. The van der Waals surface area contributed by atoms with Gasteiger partial charge in [0.25, 0.3) is 5.69 Å². The van der Waals surface area contributed by atoms with Crippen molar-refractivity contribution in [2.24, 2.45) is 0 Å². The number of rotatable bonds is 5. The summed E-state index contributed by atoms with van der Waals surface area (Å²) in [4.78, 5) is 9.27. The number of hydrogen-bond donors (Lipinski definition) is 1. The van der Waals surface area contributed by atoms with Crippen LogP contribution in [0.5, 0.6) is 11.5 Å². The third-order valence-corrected chi connectivity index (χ3v) is 6.13. The first-order valence-electron chi connectivity index (χ1n) is 8.24. The van der Waals surface area contributed by atoms with E-state index < -0.39 is 66.1 Å². The normalized spacial score (nSPS) is 15.2. The van der Waals surface area contributed by atoms with Crippen LogP contribution >= 0.6 is 0 Å². The summed E-state index contributed by atoms with van der Waals surface area (Å²) in [5.74, 6) is -14.2. The zero-order chi connectivity index (χ0) is 22.2. The lowest BCUT2D eigenvalue weighted by Gasteiger charge is -2.27. The monoisotopic (exact) mass is 453 g/mol. The van der Waals surface area contributed by atoms with Crippen LogP contribution in [0.15, 0.2) is 23.1 Å². The first-order valence-corrected chi connectivity index (χ1v) is 9.68. The number of ether oxygens (including phenoxy) is 1. The van der Waals surface area contributed by atoms with Gasteiger partial charge in [-0.2, -0.15) is 13.1 Å². The summed E-state index contributed by atoms with van der Waals surface area (Å²) >= 11 is 0. The Kier molecular flexibility index (Phi) is 5.92. The molecule has 14 heteroatoms. The summed E-state index contributed by atoms with van der Waals surface area (Å²) in [6.07, 6.45) is 0. The Morgan fingerprint density at radius 3 is 2.03 bits per heavy atom. The van der Waals surface area contributed by atoms with Gasteiger partial charge in [-0.3, -0.25) is 10.1 Å². The van der Waals surface area contributed by atoms with Gasteiger partial charge in [0.05, 0.1) is 4.92 Å². The number of nitro benzene ring substituents is 1. The van der Waals surface area contributed by atoms with E-state index in [0.717, 1.165) is 10.4 Å². The molecular weight excluding hydrogens is 441 g/mol. The molecule has 30 heavy (non-hydrogen) atoms. The Hall–Kier alpha value is -2.84. The average molecular weight is 453 g/mol. The number of benzene rings is 2. The molecule has 0 unspecified atom stereocenters. The van der Waals surface area contributed by atoms with E-state index in [1.165, 1.54) is 0 Å². The molecule has 1 aliphatic heterocycles. The van der Waals surface area contributed by atoms with Gasteiger partial charge in [0, 0.05) is 38.3 Å². The molecule has 0 radical (unpaired) electrons. The molecule has 0 amide bonds. The fourth-order valence-electron chi connectivity index (χ4n) is 2.70. The van der Waals surface area contributed by atoms with Crippen molar-refractivity contribution in [2.45, 2.75) is 4.90 Å². The number of halogens is 5. The van der Waals surface area contributed by atoms with E-state index in [2.05, 4.69) is 5.32 Å². The van der Waals surface area contributed by atoms with Crippen molar-refractivity contribution in [3.05, 3.63) is 57.4 Å². The predicted molar refractivity (Wildman–Crippen MR) is 91.0 cm³/mol.